The Morgan fingerprint density at radius 3 is 1.48 bits per heavy atom. The molecule has 0 amide bonds. The SMILES string of the molecule is N=C(N)N=C(N)N.N=C(N)NC(=N)N.O=P(O)(O)OCO. The summed E-state index contributed by atoms with van der Waals surface area (Å²) in [5.41, 5.74) is 23.8. The van der Waals surface area contributed by atoms with Crippen LogP contribution >= 0.6 is 7.82 Å². The number of nitrogens with two attached hydrogens (primary N) is 5. The first-order chi connectivity index (χ1) is 9.31. The third kappa shape index (κ3) is 46.5. The number of aliphatic hydroxyl groups excluding tert-OH is 1. The first kappa shape index (κ1) is 23.6. The molecule has 0 fully saturated rings. The number of phosphoric ester groups is 1. The minimum Gasteiger partial charge on any atom is -0.370 e. The van der Waals surface area contributed by atoms with Crippen LogP contribution in [0.5, 0.6) is 0 Å². The van der Waals surface area contributed by atoms with Crippen LogP contribution in [0.25, 0.3) is 0 Å². The Hall–Kier alpha value is -2.45. The Balaban J connectivity index is -0.000000231. The molecule has 0 atom stereocenters. The monoisotopic (exact) mass is 330 g/mol. The zero-order valence-electron chi connectivity index (χ0n) is 10.6. The van der Waals surface area contributed by atoms with Gasteiger partial charge in [-0.3, -0.25) is 26.1 Å². The highest BCUT2D eigenvalue weighted by Crippen LogP contribution is 2.34. The number of guanidine groups is 4. The van der Waals surface area contributed by atoms with Crippen molar-refractivity contribution in [3.8, 4) is 0 Å². The molecule has 15 nitrogen and oxygen atoms in total. The zero-order valence-corrected chi connectivity index (χ0v) is 11.5. The molecule has 124 valence electrons. The summed E-state index contributed by atoms with van der Waals surface area (Å²) in [7, 11) is -4.42. The average molecular weight is 330 g/mol. The maximum Gasteiger partial charge on any atom is 0.471 e. The maximum atomic E-state index is 9.54. The number of hydrogen-bond donors (Lipinski definition) is 12. The van der Waals surface area contributed by atoms with Crippen molar-refractivity contribution in [3.63, 3.8) is 0 Å². The first-order valence-corrected chi connectivity index (χ1v) is 6.04. The second-order valence-electron chi connectivity index (χ2n) is 2.62. The molecule has 0 aliphatic rings. The molecule has 0 unspecified atom stereocenters. The van der Waals surface area contributed by atoms with E-state index in [-0.39, 0.29) is 23.8 Å². The minimum atomic E-state index is -4.42. The normalized spacial score (nSPS) is 8.90. The summed E-state index contributed by atoms with van der Waals surface area (Å²) < 4.78 is 13.0. The molecule has 17 N–H and O–H groups in total. The summed E-state index contributed by atoms with van der Waals surface area (Å²) in [5.74, 6) is -1.19. The zero-order chi connectivity index (χ0) is 17.6. The molecule has 0 spiro atoms. The standard InChI is InChI=1S/2C2H7N5.CH5O5P/c2*3-1(4)7-2(5)6;2-1-6-7(3,4)5/h2*(H7,3,4,5,6,7);2H,1H2,(H2,3,4,5). The molecule has 0 rings (SSSR count). The van der Waals surface area contributed by atoms with Gasteiger partial charge in [0.2, 0.25) is 5.96 Å². The topological polar surface area (TPSA) is 313 Å². The van der Waals surface area contributed by atoms with Crippen molar-refractivity contribution in [1.29, 1.82) is 16.2 Å². The van der Waals surface area contributed by atoms with Crippen molar-refractivity contribution in [1.82, 2.24) is 5.32 Å². The van der Waals surface area contributed by atoms with Gasteiger partial charge in [-0.1, -0.05) is 0 Å². The summed E-state index contributed by atoms with van der Waals surface area (Å²) in [6.07, 6.45) is 0. The molecule has 0 bridgehead atoms. The summed E-state index contributed by atoms with van der Waals surface area (Å²) in [6.45, 7) is -0.954. The molecule has 0 saturated carbocycles. The van der Waals surface area contributed by atoms with E-state index in [0.29, 0.717) is 0 Å². The highest BCUT2D eigenvalue weighted by atomic mass is 31.2. The van der Waals surface area contributed by atoms with Gasteiger partial charge in [0, 0.05) is 0 Å². The first-order valence-electron chi connectivity index (χ1n) is 4.51. The van der Waals surface area contributed by atoms with E-state index < -0.39 is 14.6 Å². The molecule has 0 heterocycles. The smallest absolute Gasteiger partial charge is 0.370 e. The van der Waals surface area contributed by atoms with Gasteiger partial charge in [0.1, 0.15) is 0 Å². The van der Waals surface area contributed by atoms with Gasteiger partial charge in [-0.25, -0.2) is 4.57 Å². The summed E-state index contributed by atoms with van der Waals surface area (Å²) in [5, 5.41) is 29.1. The lowest BCUT2D eigenvalue weighted by Gasteiger charge is -1.97. The fourth-order valence-electron chi connectivity index (χ4n) is 0.359. The van der Waals surface area contributed by atoms with Crippen molar-refractivity contribution < 1.29 is 24.0 Å². The highest BCUT2D eigenvalue weighted by Gasteiger charge is 2.10. The lowest BCUT2D eigenvalue weighted by molar-refractivity contribution is 0.0659. The molecule has 0 aromatic rings. The van der Waals surface area contributed by atoms with Gasteiger partial charge >= 0.3 is 7.82 Å². The Morgan fingerprint density at radius 1 is 1.10 bits per heavy atom. The molecule has 0 aromatic carbocycles. The number of nitrogens with zero attached hydrogens (tertiary/aromatic N) is 1. The van der Waals surface area contributed by atoms with Gasteiger partial charge in [0.15, 0.2) is 24.7 Å². The second kappa shape index (κ2) is 12.6. The van der Waals surface area contributed by atoms with E-state index in [2.05, 4.69) is 9.52 Å². The van der Waals surface area contributed by atoms with E-state index in [1.165, 1.54) is 0 Å². The number of phosphoric acid groups is 1. The molecule has 21 heavy (non-hydrogen) atoms. The van der Waals surface area contributed by atoms with Crippen LogP contribution < -0.4 is 34.0 Å². The largest absolute Gasteiger partial charge is 0.471 e. The molecule has 0 saturated heterocycles. The van der Waals surface area contributed by atoms with Crippen LogP contribution in [-0.4, -0.2) is 45.5 Å². The van der Waals surface area contributed by atoms with Crippen LogP contribution in [0.1, 0.15) is 0 Å². The molecule has 0 aliphatic carbocycles. The van der Waals surface area contributed by atoms with Crippen molar-refractivity contribution in [3.05, 3.63) is 0 Å². The van der Waals surface area contributed by atoms with Gasteiger partial charge in [-0.2, -0.15) is 4.99 Å². The third-order valence-corrected chi connectivity index (χ3v) is 1.20. The van der Waals surface area contributed by atoms with Gasteiger partial charge in [-0.15, -0.1) is 0 Å². The summed E-state index contributed by atoms with van der Waals surface area (Å²) in [6, 6.07) is 0. The Labute approximate surface area is 118 Å². The number of aliphatic hydroxyl groups is 1. The van der Waals surface area contributed by atoms with Crippen LogP contribution in [0.15, 0.2) is 4.99 Å². The van der Waals surface area contributed by atoms with Crippen molar-refractivity contribution in [2.24, 2.45) is 33.7 Å². The van der Waals surface area contributed by atoms with E-state index in [4.69, 9.17) is 59.8 Å². The van der Waals surface area contributed by atoms with Crippen LogP contribution in [0.2, 0.25) is 0 Å². The molecule has 0 radical (unpaired) electrons. The van der Waals surface area contributed by atoms with Crippen LogP contribution in [0, 0.1) is 16.2 Å². The van der Waals surface area contributed by atoms with E-state index in [1.54, 1.807) is 0 Å². The Kier molecular flexibility index (Phi) is 14.2. The molecular weight excluding hydrogens is 311 g/mol. The van der Waals surface area contributed by atoms with Crippen molar-refractivity contribution in [2.45, 2.75) is 0 Å². The molecule has 0 aliphatic heterocycles. The minimum absolute atomic E-state index is 0.187. The fourth-order valence-corrected chi connectivity index (χ4v) is 0.510. The second-order valence-corrected chi connectivity index (χ2v) is 3.86. The van der Waals surface area contributed by atoms with Crippen molar-refractivity contribution in [2.75, 3.05) is 6.79 Å². The predicted octanol–water partition coefficient (Wildman–Crippen LogP) is -4.44. The summed E-state index contributed by atoms with van der Waals surface area (Å²) in [4.78, 5) is 18.6. The van der Waals surface area contributed by atoms with Crippen LogP contribution in [-0.2, 0) is 9.09 Å². The fraction of sp³-hybridized carbons (Fsp3) is 0.200. The lowest BCUT2D eigenvalue weighted by atomic mass is 10.9. The van der Waals surface area contributed by atoms with Gasteiger partial charge in [0.05, 0.1) is 0 Å². The number of nitrogens with one attached hydrogen (secondary N) is 4. The quantitative estimate of drug-likeness (QED) is 0.0990. The Bertz CT molecular complexity index is 402. The van der Waals surface area contributed by atoms with E-state index in [1.807, 2.05) is 5.32 Å². The lowest BCUT2D eigenvalue weighted by Crippen LogP contribution is -2.39. The maximum absolute atomic E-state index is 9.54. The average Bonchev–Trinajstić information content (AvgIpc) is 2.11. The molecule has 0 aromatic heterocycles. The third-order valence-electron chi connectivity index (χ3n) is 0.745. The van der Waals surface area contributed by atoms with Gasteiger partial charge in [0.25, 0.3) is 0 Å². The van der Waals surface area contributed by atoms with E-state index >= 15 is 0 Å². The molecular formula is C5H19N10O5P. The number of hydrogen-bond acceptors (Lipinski definition) is 6. The van der Waals surface area contributed by atoms with E-state index in [0.717, 1.165) is 0 Å². The van der Waals surface area contributed by atoms with E-state index in [9.17, 15) is 4.57 Å². The number of rotatable bonds is 2. The number of aliphatic imine (C=N–C) groups is 1. The predicted molar refractivity (Wildman–Crippen MR) is 74.9 cm³/mol. The van der Waals surface area contributed by atoms with Gasteiger partial charge in [-0.05, 0) is 0 Å². The van der Waals surface area contributed by atoms with Crippen LogP contribution in [0.4, 0.5) is 0 Å². The van der Waals surface area contributed by atoms with Crippen LogP contribution in [0.3, 0.4) is 0 Å². The highest BCUT2D eigenvalue weighted by molar-refractivity contribution is 7.46. The van der Waals surface area contributed by atoms with Crippen molar-refractivity contribution >= 4 is 31.7 Å². The molecule has 16 heteroatoms. The summed E-state index contributed by atoms with van der Waals surface area (Å²) >= 11 is 0. The Morgan fingerprint density at radius 2 is 1.48 bits per heavy atom. The van der Waals surface area contributed by atoms with Gasteiger partial charge < -0.3 is 43.6 Å².